The molecule has 0 saturated heterocycles. The molecule has 0 saturated carbocycles. The van der Waals surface area contributed by atoms with Crippen LogP contribution in [0.5, 0.6) is 0 Å². The van der Waals surface area contributed by atoms with Gasteiger partial charge in [-0.2, -0.15) is 0 Å². The molecule has 0 aliphatic carbocycles. The van der Waals surface area contributed by atoms with Crippen molar-refractivity contribution in [2.75, 3.05) is 17.1 Å². The Morgan fingerprint density at radius 1 is 0.923 bits per heavy atom. The zero-order chi connectivity index (χ0) is 28.8. The number of nitrogens with zero attached hydrogens (tertiary/aromatic N) is 2. The van der Waals surface area contributed by atoms with Crippen molar-refractivity contribution < 1.29 is 22.4 Å². The molecule has 3 aromatic rings. The van der Waals surface area contributed by atoms with Crippen LogP contribution in [-0.4, -0.2) is 49.5 Å². The van der Waals surface area contributed by atoms with Crippen molar-refractivity contribution in [3.8, 4) is 0 Å². The number of hydrogen-bond acceptors (Lipinski definition) is 4. The summed E-state index contributed by atoms with van der Waals surface area (Å²) in [7, 11) is -4.04. The molecular formula is C29H33BrFN3O4S. The van der Waals surface area contributed by atoms with Crippen molar-refractivity contribution in [2.45, 2.75) is 45.3 Å². The summed E-state index contributed by atoms with van der Waals surface area (Å²) in [4.78, 5) is 29.0. The van der Waals surface area contributed by atoms with Crippen LogP contribution in [0.25, 0.3) is 0 Å². The maximum Gasteiger partial charge on any atom is 0.244 e. The average molecular weight is 619 g/mol. The highest BCUT2D eigenvalue weighted by atomic mass is 79.9. The minimum absolute atomic E-state index is 0.0377. The molecule has 208 valence electrons. The van der Waals surface area contributed by atoms with Crippen LogP contribution in [0.4, 0.5) is 10.1 Å². The third kappa shape index (κ3) is 8.90. The highest BCUT2D eigenvalue weighted by Gasteiger charge is 2.34. The van der Waals surface area contributed by atoms with Gasteiger partial charge in [0.2, 0.25) is 21.8 Å². The van der Waals surface area contributed by atoms with Gasteiger partial charge in [0.05, 0.1) is 11.9 Å². The first-order valence-corrected chi connectivity index (χ1v) is 15.0. The normalized spacial score (nSPS) is 12.5. The topological polar surface area (TPSA) is 86.8 Å². The second-order valence-corrected chi connectivity index (χ2v) is 13.1. The summed E-state index contributed by atoms with van der Waals surface area (Å²) in [5, 5.41) is 2.96. The Hall–Kier alpha value is -3.24. The summed E-state index contributed by atoms with van der Waals surface area (Å²) in [5.74, 6) is -1.80. The molecule has 1 N–H and O–H groups in total. The third-order valence-corrected chi connectivity index (χ3v) is 7.49. The number of benzene rings is 3. The molecule has 0 fully saturated rings. The van der Waals surface area contributed by atoms with Gasteiger partial charge in [-0.3, -0.25) is 13.9 Å². The van der Waals surface area contributed by atoms with E-state index in [0.29, 0.717) is 0 Å². The maximum absolute atomic E-state index is 14.7. The minimum Gasteiger partial charge on any atom is -0.350 e. The Bertz CT molecular complexity index is 1390. The Kier molecular flexibility index (Phi) is 9.90. The number of halogens is 2. The van der Waals surface area contributed by atoms with Gasteiger partial charge < -0.3 is 10.2 Å². The molecule has 0 spiro atoms. The first-order valence-electron chi connectivity index (χ1n) is 12.4. The molecule has 0 heterocycles. The van der Waals surface area contributed by atoms with Crippen LogP contribution in [0.1, 0.15) is 31.9 Å². The first-order chi connectivity index (χ1) is 18.2. The second kappa shape index (κ2) is 12.7. The molecule has 3 aromatic carbocycles. The van der Waals surface area contributed by atoms with E-state index in [0.717, 1.165) is 32.2 Å². The van der Waals surface area contributed by atoms with Gasteiger partial charge in [0.25, 0.3) is 0 Å². The molecule has 0 unspecified atom stereocenters. The Labute approximate surface area is 238 Å². The highest BCUT2D eigenvalue weighted by Crippen LogP contribution is 2.23. The van der Waals surface area contributed by atoms with E-state index in [1.807, 2.05) is 75.4 Å². The number of carbonyl (C=O) groups is 2. The Morgan fingerprint density at radius 3 is 2.08 bits per heavy atom. The van der Waals surface area contributed by atoms with Gasteiger partial charge in [-0.05, 0) is 56.2 Å². The number of nitrogens with one attached hydrogen (secondary N) is 1. The van der Waals surface area contributed by atoms with Gasteiger partial charge in [0, 0.05) is 23.0 Å². The van der Waals surface area contributed by atoms with Gasteiger partial charge in [-0.25, -0.2) is 12.8 Å². The number of para-hydroxylation sites is 1. The molecule has 0 bridgehead atoms. The van der Waals surface area contributed by atoms with E-state index in [1.54, 1.807) is 0 Å². The lowest BCUT2D eigenvalue weighted by Crippen LogP contribution is -2.56. The molecule has 1 atom stereocenters. The van der Waals surface area contributed by atoms with E-state index in [9.17, 15) is 22.4 Å². The maximum atomic E-state index is 14.7. The van der Waals surface area contributed by atoms with Crippen LogP contribution in [0.3, 0.4) is 0 Å². The summed E-state index contributed by atoms with van der Waals surface area (Å²) in [6, 6.07) is 20.9. The van der Waals surface area contributed by atoms with Crippen molar-refractivity contribution in [1.29, 1.82) is 0 Å². The molecule has 2 amide bonds. The van der Waals surface area contributed by atoms with Crippen molar-refractivity contribution in [3.05, 3.63) is 100 Å². The number of amides is 2. The fourth-order valence-electron chi connectivity index (χ4n) is 4.04. The van der Waals surface area contributed by atoms with Crippen LogP contribution in [0.2, 0.25) is 0 Å². The summed E-state index contributed by atoms with van der Waals surface area (Å²) in [6.07, 6.45) is 1.11. The number of sulfonamides is 1. The summed E-state index contributed by atoms with van der Waals surface area (Å²) >= 11 is 3.40. The van der Waals surface area contributed by atoms with Gasteiger partial charge >= 0.3 is 0 Å². The fourth-order valence-corrected chi connectivity index (χ4v) is 5.16. The zero-order valence-corrected chi connectivity index (χ0v) is 24.8. The summed E-state index contributed by atoms with van der Waals surface area (Å²) in [5.41, 5.74) is 0.750. The number of carbonyl (C=O) groups excluding carboxylic acids is 2. The van der Waals surface area contributed by atoms with E-state index in [4.69, 9.17) is 0 Å². The highest BCUT2D eigenvalue weighted by molar-refractivity contribution is 9.10. The zero-order valence-electron chi connectivity index (χ0n) is 22.4. The quantitative estimate of drug-likeness (QED) is 0.350. The smallest absolute Gasteiger partial charge is 0.244 e. The number of rotatable bonds is 10. The van der Waals surface area contributed by atoms with Crippen LogP contribution in [0, 0.1) is 5.82 Å². The average Bonchev–Trinajstić information content (AvgIpc) is 2.85. The van der Waals surface area contributed by atoms with Crippen LogP contribution < -0.4 is 9.62 Å². The Balaban J connectivity index is 2.08. The lowest BCUT2D eigenvalue weighted by atomic mass is 10.0. The van der Waals surface area contributed by atoms with Crippen LogP contribution >= 0.6 is 15.9 Å². The van der Waals surface area contributed by atoms with Crippen molar-refractivity contribution in [1.82, 2.24) is 10.2 Å². The van der Waals surface area contributed by atoms with Gasteiger partial charge in [-0.15, -0.1) is 0 Å². The minimum atomic E-state index is -4.04. The fraction of sp³-hybridized carbons (Fsp3) is 0.310. The SMILES string of the molecule is CC(C)(C)NC(=O)[C@@H](Cc1ccccc1)N(Cc1ccc(Br)cc1)C(=O)CN(c1ccccc1F)S(C)(=O)=O. The summed E-state index contributed by atoms with van der Waals surface area (Å²) in [6.45, 7) is 4.89. The van der Waals surface area contributed by atoms with Gasteiger partial charge in [0.1, 0.15) is 18.4 Å². The van der Waals surface area contributed by atoms with E-state index < -0.39 is 39.9 Å². The standard InChI is InChI=1S/C29H33BrFN3O4S/c1-29(2,3)32-28(36)26(18-21-10-6-5-7-11-21)33(19-22-14-16-23(30)17-15-22)27(35)20-34(39(4,37)38)25-13-9-8-12-24(25)31/h5-17,26H,18-20H2,1-4H3,(H,32,36)/t26-/m1/s1. The molecule has 0 aliphatic rings. The molecule has 0 aliphatic heterocycles. The Morgan fingerprint density at radius 2 is 1.51 bits per heavy atom. The molecule has 0 radical (unpaired) electrons. The lowest BCUT2D eigenvalue weighted by Gasteiger charge is -2.35. The molecule has 39 heavy (non-hydrogen) atoms. The predicted octanol–water partition coefficient (Wildman–Crippen LogP) is 4.91. The number of hydrogen-bond donors (Lipinski definition) is 1. The largest absolute Gasteiger partial charge is 0.350 e. The monoisotopic (exact) mass is 617 g/mol. The second-order valence-electron chi connectivity index (χ2n) is 10.3. The van der Waals surface area contributed by atoms with E-state index in [2.05, 4.69) is 21.2 Å². The lowest BCUT2D eigenvalue weighted by molar-refractivity contribution is -0.140. The van der Waals surface area contributed by atoms with Gasteiger partial charge in [-0.1, -0.05) is 70.5 Å². The third-order valence-electron chi connectivity index (χ3n) is 5.84. The molecular weight excluding hydrogens is 585 g/mol. The van der Waals surface area contributed by atoms with E-state index >= 15 is 0 Å². The molecule has 3 rings (SSSR count). The van der Waals surface area contributed by atoms with E-state index in [-0.39, 0.29) is 24.6 Å². The van der Waals surface area contributed by atoms with Crippen LogP contribution in [0.15, 0.2) is 83.3 Å². The van der Waals surface area contributed by atoms with Crippen molar-refractivity contribution >= 4 is 43.5 Å². The number of anilines is 1. The predicted molar refractivity (Wildman–Crippen MR) is 155 cm³/mol. The van der Waals surface area contributed by atoms with Crippen molar-refractivity contribution in [3.63, 3.8) is 0 Å². The first kappa shape index (κ1) is 30.3. The molecule has 0 aromatic heterocycles. The van der Waals surface area contributed by atoms with E-state index in [1.165, 1.54) is 23.1 Å². The molecule has 10 heteroatoms. The van der Waals surface area contributed by atoms with Crippen LogP contribution in [-0.2, 0) is 32.6 Å². The van der Waals surface area contributed by atoms with Gasteiger partial charge in [0.15, 0.2) is 0 Å². The van der Waals surface area contributed by atoms with Crippen molar-refractivity contribution in [2.24, 2.45) is 0 Å². The summed E-state index contributed by atoms with van der Waals surface area (Å²) < 4.78 is 41.7. The molecule has 7 nitrogen and oxygen atoms in total.